The molecule has 1 amide bonds. The van der Waals surface area contributed by atoms with E-state index in [1.165, 1.54) is 18.3 Å². The van der Waals surface area contributed by atoms with Gasteiger partial charge < -0.3 is 5.32 Å². The maximum atomic E-state index is 13.0. The van der Waals surface area contributed by atoms with Gasteiger partial charge >= 0.3 is 0 Å². The highest BCUT2D eigenvalue weighted by Gasteiger charge is 2.21. The number of hydrogen-bond acceptors (Lipinski definition) is 5. The molecule has 0 spiro atoms. The molecule has 0 unspecified atom stereocenters. The summed E-state index contributed by atoms with van der Waals surface area (Å²) in [4.78, 5) is 14.4. The molecule has 1 aliphatic heterocycles. The van der Waals surface area contributed by atoms with Gasteiger partial charge in [-0.3, -0.25) is 14.8 Å². The number of H-pyrrole nitrogens is 1. The number of rotatable bonds is 5. The molecule has 2 heterocycles. The van der Waals surface area contributed by atoms with Gasteiger partial charge in [-0.25, -0.2) is 12.8 Å². The average molecular weight is 366 g/mol. The highest BCUT2D eigenvalue weighted by atomic mass is 32.2. The van der Waals surface area contributed by atoms with Crippen LogP contribution in [0.3, 0.4) is 0 Å². The third kappa shape index (κ3) is 4.43. The van der Waals surface area contributed by atoms with E-state index >= 15 is 0 Å². The molecule has 0 atom stereocenters. The number of benzene rings is 1. The van der Waals surface area contributed by atoms with Gasteiger partial charge in [0.15, 0.2) is 9.84 Å². The van der Waals surface area contributed by atoms with Gasteiger partial charge in [0.05, 0.1) is 29.0 Å². The van der Waals surface area contributed by atoms with Crippen LogP contribution in [0.15, 0.2) is 30.5 Å². The lowest BCUT2D eigenvalue weighted by molar-refractivity contribution is 0.0949. The zero-order valence-electron chi connectivity index (χ0n) is 13.5. The van der Waals surface area contributed by atoms with Crippen LogP contribution < -0.4 is 5.32 Å². The van der Waals surface area contributed by atoms with Crippen molar-refractivity contribution in [1.82, 2.24) is 20.4 Å². The molecule has 7 nitrogen and oxygen atoms in total. The smallest absolute Gasteiger partial charge is 0.255 e. The van der Waals surface area contributed by atoms with E-state index in [1.807, 2.05) is 4.90 Å². The summed E-state index contributed by atoms with van der Waals surface area (Å²) in [7, 11) is -2.90. The molecule has 2 N–H and O–H groups in total. The van der Waals surface area contributed by atoms with Crippen LogP contribution in [-0.2, 0) is 9.84 Å². The highest BCUT2D eigenvalue weighted by molar-refractivity contribution is 7.91. The normalized spacial score (nSPS) is 17.3. The molecule has 0 aliphatic carbocycles. The van der Waals surface area contributed by atoms with Gasteiger partial charge in [0, 0.05) is 31.7 Å². The lowest BCUT2D eigenvalue weighted by Crippen LogP contribution is -2.43. The Bertz CT molecular complexity index is 835. The number of hydrogen-bond donors (Lipinski definition) is 2. The Labute approximate surface area is 145 Å². The fourth-order valence-electron chi connectivity index (χ4n) is 2.69. The van der Waals surface area contributed by atoms with Crippen LogP contribution in [0.25, 0.3) is 11.3 Å². The molecule has 3 rings (SSSR count). The Hall–Kier alpha value is -2.26. The topological polar surface area (TPSA) is 95.2 Å². The number of sulfone groups is 1. The molecule has 9 heteroatoms. The van der Waals surface area contributed by atoms with Crippen LogP contribution in [0.1, 0.15) is 10.4 Å². The third-order valence-electron chi connectivity index (χ3n) is 4.17. The van der Waals surface area contributed by atoms with Crippen LogP contribution in [0.2, 0.25) is 0 Å². The highest BCUT2D eigenvalue weighted by Crippen LogP contribution is 2.21. The first-order valence-electron chi connectivity index (χ1n) is 7.95. The predicted octanol–water partition coefficient (Wildman–Crippen LogP) is 0.676. The fourth-order valence-corrected chi connectivity index (χ4v) is 3.97. The number of halogens is 1. The summed E-state index contributed by atoms with van der Waals surface area (Å²) in [5.41, 5.74) is 1.58. The summed E-state index contributed by atoms with van der Waals surface area (Å²) in [6.07, 6.45) is 1.43. The minimum absolute atomic E-state index is 0.164. The second kappa shape index (κ2) is 7.32. The van der Waals surface area contributed by atoms with E-state index < -0.39 is 9.84 Å². The van der Waals surface area contributed by atoms with Crippen molar-refractivity contribution >= 4 is 15.7 Å². The first kappa shape index (κ1) is 17.6. The summed E-state index contributed by atoms with van der Waals surface area (Å²) < 4.78 is 35.8. The molecule has 0 radical (unpaired) electrons. The number of aromatic nitrogens is 2. The van der Waals surface area contributed by atoms with E-state index in [4.69, 9.17) is 0 Å². The molecule has 1 aromatic heterocycles. The van der Waals surface area contributed by atoms with Crippen LogP contribution in [0.4, 0.5) is 4.39 Å². The van der Waals surface area contributed by atoms with Crippen molar-refractivity contribution in [2.24, 2.45) is 0 Å². The average Bonchev–Trinajstić information content (AvgIpc) is 3.07. The molecule has 1 aromatic carbocycles. The zero-order valence-corrected chi connectivity index (χ0v) is 14.4. The van der Waals surface area contributed by atoms with Crippen molar-refractivity contribution in [2.75, 3.05) is 37.7 Å². The Morgan fingerprint density at radius 2 is 1.92 bits per heavy atom. The van der Waals surface area contributed by atoms with Gasteiger partial charge in [0.25, 0.3) is 5.91 Å². The van der Waals surface area contributed by atoms with E-state index in [0.717, 1.165) is 0 Å². The molecule has 1 aliphatic rings. The Morgan fingerprint density at radius 1 is 1.24 bits per heavy atom. The monoisotopic (exact) mass is 366 g/mol. The standard InChI is InChI=1S/C16H19FN4O3S/c17-13-3-1-12(2-4-13)15-14(11-19-20-15)16(22)18-5-6-21-7-9-25(23,24)10-8-21/h1-4,11H,5-10H2,(H,18,22)(H,19,20). The van der Waals surface area contributed by atoms with Crippen LogP contribution in [0, 0.1) is 5.82 Å². The number of carbonyl (C=O) groups excluding carboxylic acids is 1. The summed E-state index contributed by atoms with van der Waals surface area (Å²) >= 11 is 0. The van der Waals surface area contributed by atoms with Crippen molar-refractivity contribution in [3.63, 3.8) is 0 Å². The number of aromatic amines is 1. The first-order chi connectivity index (χ1) is 11.9. The third-order valence-corrected chi connectivity index (χ3v) is 5.78. The molecule has 1 saturated heterocycles. The Morgan fingerprint density at radius 3 is 2.60 bits per heavy atom. The summed E-state index contributed by atoms with van der Waals surface area (Å²) in [6.45, 7) is 1.98. The molecular formula is C16H19FN4O3S. The lowest BCUT2D eigenvalue weighted by Gasteiger charge is -2.26. The van der Waals surface area contributed by atoms with Gasteiger partial charge in [-0.2, -0.15) is 5.10 Å². The maximum absolute atomic E-state index is 13.0. The minimum Gasteiger partial charge on any atom is -0.351 e. The van der Waals surface area contributed by atoms with Gasteiger partial charge in [0.2, 0.25) is 0 Å². The van der Waals surface area contributed by atoms with Gasteiger partial charge in [-0.15, -0.1) is 0 Å². The second-order valence-electron chi connectivity index (χ2n) is 5.91. The predicted molar refractivity (Wildman–Crippen MR) is 91.4 cm³/mol. The molecule has 1 fully saturated rings. The van der Waals surface area contributed by atoms with Crippen LogP contribution in [0.5, 0.6) is 0 Å². The minimum atomic E-state index is -2.90. The zero-order chi connectivity index (χ0) is 17.9. The Balaban J connectivity index is 1.56. The molecule has 0 bridgehead atoms. The quantitative estimate of drug-likeness (QED) is 0.811. The molecule has 25 heavy (non-hydrogen) atoms. The van der Waals surface area contributed by atoms with Gasteiger partial charge in [-0.05, 0) is 24.3 Å². The lowest BCUT2D eigenvalue weighted by atomic mass is 10.1. The molecule has 0 saturated carbocycles. The van der Waals surface area contributed by atoms with Crippen LogP contribution in [-0.4, -0.2) is 67.1 Å². The fraction of sp³-hybridized carbons (Fsp3) is 0.375. The molecular weight excluding hydrogens is 347 g/mol. The van der Waals surface area contributed by atoms with E-state index in [1.54, 1.807) is 12.1 Å². The number of nitrogens with zero attached hydrogens (tertiary/aromatic N) is 2. The largest absolute Gasteiger partial charge is 0.351 e. The summed E-state index contributed by atoms with van der Waals surface area (Å²) in [6, 6.07) is 5.80. The second-order valence-corrected chi connectivity index (χ2v) is 8.22. The van der Waals surface area contributed by atoms with E-state index in [0.29, 0.717) is 43.0 Å². The maximum Gasteiger partial charge on any atom is 0.255 e. The number of nitrogens with one attached hydrogen (secondary N) is 2. The van der Waals surface area contributed by atoms with Crippen molar-refractivity contribution in [1.29, 1.82) is 0 Å². The summed E-state index contributed by atoms with van der Waals surface area (Å²) in [5.74, 6) is -0.301. The van der Waals surface area contributed by atoms with Gasteiger partial charge in [0.1, 0.15) is 5.82 Å². The summed E-state index contributed by atoms with van der Waals surface area (Å²) in [5, 5.41) is 9.47. The van der Waals surface area contributed by atoms with E-state index in [9.17, 15) is 17.6 Å². The molecule has 134 valence electrons. The van der Waals surface area contributed by atoms with Crippen molar-refractivity contribution < 1.29 is 17.6 Å². The van der Waals surface area contributed by atoms with E-state index in [-0.39, 0.29) is 23.2 Å². The van der Waals surface area contributed by atoms with Gasteiger partial charge in [-0.1, -0.05) is 0 Å². The molecule has 2 aromatic rings. The van der Waals surface area contributed by atoms with Crippen molar-refractivity contribution in [3.05, 3.63) is 41.8 Å². The first-order valence-corrected chi connectivity index (χ1v) is 9.77. The number of carbonyl (C=O) groups is 1. The van der Waals surface area contributed by atoms with Crippen molar-refractivity contribution in [3.8, 4) is 11.3 Å². The number of amides is 1. The van der Waals surface area contributed by atoms with Crippen molar-refractivity contribution in [2.45, 2.75) is 0 Å². The Kier molecular flexibility index (Phi) is 5.14. The van der Waals surface area contributed by atoms with E-state index in [2.05, 4.69) is 15.5 Å². The SMILES string of the molecule is O=C(NCCN1CCS(=O)(=O)CC1)c1cn[nH]c1-c1ccc(F)cc1. The van der Waals surface area contributed by atoms with Crippen LogP contribution >= 0.6 is 0 Å².